The lowest BCUT2D eigenvalue weighted by atomic mass is 9.81. The molecule has 95 heavy (non-hydrogen) atoms. The van der Waals surface area contributed by atoms with Crippen LogP contribution in [-0.2, 0) is 96.5 Å². The summed E-state index contributed by atoms with van der Waals surface area (Å²) in [6, 6.07) is 0. The van der Waals surface area contributed by atoms with Gasteiger partial charge in [-0.25, -0.2) is 9.59 Å². The number of aliphatic hydroxyl groups excluding tert-OH is 6. The summed E-state index contributed by atoms with van der Waals surface area (Å²) in [4.78, 5) is 94.4. The van der Waals surface area contributed by atoms with Gasteiger partial charge < -0.3 is 78.0 Å². The van der Waals surface area contributed by atoms with Gasteiger partial charge in [0.05, 0.1) is 123 Å². The van der Waals surface area contributed by atoms with Crippen molar-refractivity contribution in [3.05, 3.63) is 24.8 Å². The number of thioether (sulfide) groups is 1. The van der Waals surface area contributed by atoms with E-state index in [-0.39, 0.29) is 115 Å². The second-order valence-corrected chi connectivity index (χ2v) is 29.9. The molecule has 2 aliphatic rings. The van der Waals surface area contributed by atoms with Gasteiger partial charge in [0.1, 0.15) is 38.6 Å². The van der Waals surface area contributed by atoms with Gasteiger partial charge in [-0.2, -0.15) is 11.8 Å². The summed E-state index contributed by atoms with van der Waals surface area (Å²) in [5, 5.41) is 55.7. The molecule has 0 aliphatic carbocycles. The van der Waals surface area contributed by atoms with Gasteiger partial charge in [0.15, 0.2) is 0 Å². The van der Waals surface area contributed by atoms with E-state index < -0.39 is 75.9 Å². The standard InChI is InChI=1S/C19H36O8S.C19H36O7S.C16H28O5.C7H10O3.C7H12O2/c1-6-14(17(23)26-9-13(2)3)7-19(4,5)18(24)27-10-16(22)12-28(25)11-15(21)8-20;1-6-14(17(23)25-9-13(2)3)7-19(4,5)18(24)26-10-16(22)12-27-11-15(21)8-20;1-6-12(14(17)20-8-11(2)3)7-16(4,5)15(18)21-10-13-9-19-13;1-5(2)7(8)10-4-6-3-9-6;1-4-7(8)9-5-6(2)3/h13-16,20-22H,6-12H2,1-5H3;13-16,20-22H,6-12H2,1-5H3;11-13H,6-10H2,1-5H3;6H,1,3-4H2,2H3;4,6H,1,5H2,2-3H3. The quantitative estimate of drug-likeness (QED) is 0.0160. The Morgan fingerprint density at radius 3 is 1.14 bits per heavy atom. The van der Waals surface area contributed by atoms with E-state index in [1.165, 1.54) is 17.8 Å². The molecule has 556 valence electrons. The zero-order chi connectivity index (χ0) is 73.8. The Morgan fingerprint density at radius 1 is 0.505 bits per heavy atom. The minimum absolute atomic E-state index is 0.0581. The molecule has 0 amide bonds. The highest BCUT2D eigenvalue weighted by atomic mass is 32.2. The molecule has 0 bridgehead atoms. The minimum atomic E-state index is -1.55. The summed E-state index contributed by atoms with van der Waals surface area (Å²) in [5.74, 6) is -2.54. The molecule has 0 spiro atoms. The molecule has 27 heteroatoms. The van der Waals surface area contributed by atoms with Crippen molar-refractivity contribution < 1.29 is 121 Å². The van der Waals surface area contributed by atoms with E-state index in [1.807, 2.05) is 90.0 Å². The van der Waals surface area contributed by atoms with Crippen molar-refractivity contribution in [2.45, 2.75) is 200 Å². The summed E-state index contributed by atoms with van der Waals surface area (Å²) in [6.45, 7) is 42.4. The van der Waals surface area contributed by atoms with E-state index in [4.69, 9.17) is 57.6 Å². The summed E-state index contributed by atoms with van der Waals surface area (Å²) in [6.07, 6.45) is 0.168. The van der Waals surface area contributed by atoms with Gasteiger partial charge in [0.2, 0.25) is 0 Å². The van der Waals surface area contributed by atoms with Crippen molar-refractivity contribution in [2.75, 3.05) is 102 Å². The van der Waals surface area contributed by atoms with Crippen LogP contribution in [0.25, 0.3) is 0 Å². The highest BCUT2D eigenvalue weighted by Crippen LogP contribution is 2.33. The van der Waals surface area contributed by atoms with Gasteiger partial charge in [-0.05, 0) is 111 Å². The molecular weight excluding hydrogens is 1280 g/mol. The van der Waals surface area contributed by atoms with Gasteiger partial charge in [-0.3, -0.25) is 33.0 Å². The van der Waals surface area contributed by atoms with Crippen LogP contribution in [0.1, 0.15) is 163 Å². The number of epoxide rings is 2. The fourth-order valence-corrected chi connectivity index (χ4v) is 9.52. The molecule has 0 saturated carbocycles. The van der Waals surface area contributed by atoms with E-state index in [2.05, 4.69) is 13.2 Å². The van der Waals surface area contributed by atoms with Crippen LogP contribution in [-0.4, -0.2) is 222 Å². The number of ether oxygens (including phenoxy) is 10. The van der Waals surface area contributed by atoms with Gasteiger partial charge in [0, 0.05) is 34.0 Å². The van der Waals surface area contributed by atoms with E-state index in [9.17, 15) is 63.0 Å². The number of aliphatic hydroxyl groups is 6. The summed E-state index contributed by atoms with van der Waals surface area (Å²) in [7, 11) is -1.55. The Labute approximate surface area is 573 Å². The van der Waals surface area contributed by atoms with Crippen molar-refractivity contribution in [1.29, 1.82) is 0 Å². The van der Waals surface area contributed by atoms with Crippen LogP contribution in [0.4, 0.5) is 0 Å². The molecule has 0 radical (unpaired) electrons. The Kier molecular flexibility index (Phi) is 51.4. The number of esters is 8. The van der Waals surface area contributed by atoms with E-state index in [1.54, 1.807) is 34.6 Å². The molecule has 6 N–H and O–H groups in total. The van der Waals surface area contributed by atoms with Crippen LogP contribution in [0.3, 0.4) is 0 Å². The molecule has 0 aromatic carbocycles. The number of rotatable bonds is 43. The average Bonchev–Trinajstić information content (AvgIpc) is 1.39. The van der Waals surface area contributed by atoms with Crippen molar-refractivity contribution in [2.24, 2.45) is 57.7 Å². The molecule has 10 atom stereocenters. The van der Waals surface area contributed by atoms with Crippen molar-refractivity contribution in [1.82, 2.24) is 0 Å². The first-order valence-corrected chi connectivity index (χ1v) is 35.5. The number of carbonyl (C=O) groups excluding carboxylic acids is 8. The first-order valence-electron chi connectivity index (χ1n) is 32.8. The average molecular weight is 1400 g/mol. The topological polar surface area (TPSA) is 374 Å². The molecule has 0 aromatic heterocycles. The maximum atomic E-state index is 12.4. The largest absolute Gasteiger partial charge is 0.465 e. The Hall–Kier alpha value is -4.58. The second-order valence-electron chi connectivity index (χ2n) is 27.3. The fourth-order valence-electron chi connectivity index (χ4n) is 7.45. The third kappa shape index (κ3) is 50.4. The Morgan fingerprint density at radius 2 is 0.821 bits per heavy atom. The molecule has 2 aliphatic heterocycles. The zero-order valence-corrected chi connectivity index (χ0v) is 61.9. The number of hydrogen-bond acceptors (Lipinski definition) is 26. The van der Waals surface area contributed by atoms with Crippen LogP contribution in [0, 0.1) is 57.7 Å². The molecule has 2 heterocycles. The summed E-state index contributed by atoms with van der Waals surface area (Å²) < 4.78 is 62.4. The minimum Gasteiger partial charge on any atom is -0.465 e. The van der Waals surface area contributed by atoms with Crippen LogP contribution in [0.2, 0.25) is 0 Å². The number of carbonyl (C=O) groups is 8. The summed E-state index contributed by atoms with van der Waals surface area (Å²) >= 11 is 1.27. The third-order valence-electron chi connectivity index (χ3n) is 13.4. The van der Waals surface area contributed by atoms with Crippen LogP contribution < -0.4 is 0 Å². The smallest absolute Gasteiger partial charge is 0.333 e. The van der Waals surface area contributed by atoms with E-state index >= 15 is 0 Å². The third-order valence-corrected chi connectivity index (χ3v) is 16.1. The molecular formula is C68H122O25S2. The predicted octanol–water partition coefficient (Wildman–Crippen LogP) is 6.70. The van der Waals surface area contributed by atoms with Gasteiger partial charge in [-0.15, -0.1) is 0 Å². The molecule has 0 aromatic rings. The van der Waals surface area contributed by atoms with Gasteiger partial charge in [0.25, 0.3) is 0 Å². The zero-order valence-electron chi connectivity index (χ0n) is 60.3. The second kappa shape index (κ2) is 51.6. The lowest BCUT2D eigenvalue weighted by Crippen LogP contribution is -2.35. The maximum absolute atomic E-state index is 12.4. The van der Waals surface area contributed by atoms with Crippen LogP contribution >= 0.6 is 11.8 Å². The lowest BCUT2D eigenvalue weighted by Gasteiger charge is -2.27. The van der Waals surface area contributed by atoms with E-state index in [0.717, 1.165) is 0 Å². The fraction of sp³-hybridized carbons (Fsp3) is 0.824. The van der Waals surface area contributed by atoms with Crippen LogP contribution in [0.15, 0.2) is 24.8 Å². The first kappa shape index (κ1) is 94.6. The normalized spacial score (nSPS) is 16.6. The molecule has 25 nitrogen and oxygen atoms in total. The lowest BCUT2D eigenvalue weighted by molar-refractivity contribution is -0.161. The highest BCUT2D eigenvalue weighted by molar-refractivity contribution is 7.99. The summed E-state index contributed by atoms with van der Waals surface area (Å²) in [5.41, 5.74) is -2.10. The predicted molar refractivity (Wildman–Crippen MR) is 361 cm³/mol. The maximum Gasteiger partial charge on any atom is 0.333 e. The molecule has 10 unspecified atom stereocenters. The Bertz CT molecular complexity index is 2240. The van der Waals surface area contributed by atoms with Crippen LogP contribution in [0.5, 0.6) is 0 Å². The number of hydrogen-bond donors (Lipinski definition) is 6. The molecule has 2 fully saturated rings. The van der Waals surface area contributed by atoms with Gasteiger partial charge in [-0.1, -0.05) is 89.3 Å². The Balaban J connectivity index is -0.00000118. The first-order chi connectivity index (χ1) is 44.1. The van der Waals surface area contributed by atoms with Gasteiger partial charge >= 0.3 is 47.8 Å². The monoisotopic (exact) mass is 1400 g/mol. The van der Waals surface area contributed by atoms with E-state index in [0.29, 0.717) is 108 Å². The van der Waals surface area contributed by atoms with Crippen molar-refractivity contribution >= 4 is 70.3 Å². The van der Waals surface area contributed by atoms with Crippen molar-refractivity contribution in [3.63, 3.8) is 0 Å². The highest BCUT2D eigenvalue weighted by Gasteiger charge is 2.39. The molecule has 2 rings (SSSR count). The molecule has 2 saturated heterocycles. The SMILES string of the molecule is C=C(C)C(=O)OCC1CO1.C=CC(=O)OCC(C)C.CCC(CC(C)(C)C(=O)OCC(O)CS(=O)CC(O)CO)C(=O)OCC(C)C.CCC(CC(C)(C)C(=O)OCC(O)CSCC(O)CO)C(=O)OCC(C)C.CCC(CC(C)(C)C(=O)OCC1CO1)C(=O)OCC(C)C. The van der Waals surface area contributed by atoms with Crippen molar-refractivity contribution in [3.8, 4) is 0 Å².